The Balaban J connectivity index is 1.72. The fraction of sp³-hybridized carbons (Fsp3) is 0.500. The molecule has 2 aromatic rings. The normalized spacial score (nSPS) is 12.0. The summed E-state index contributed by atoms with van der Waals surface area (Å²) in [5.74, 6) is 2.05. The SMILES string of the molecule is CCOc1cc(CCCNC(=NC)NCCc2nc(C(F)(F)F)cs2)ccc1OC. The molecule has 6 nitrogen and oxygen atoms in total. The molecule has 0 spiro atoms. The molecule has 2 N–H and O–H groups in total. The second kappa shape index (κ2) is 11.6. The number of halogens is 3. The zero-order valence-electron chi connectivity index (χ0n) is 17.3. The molecular weight excluding hydrogens is 417 g/mol. The largest absolute Gasteiger partial charge is 0.493 e. The first kappa shape index (κ1) is 23.8. The second-order valence-corrected chi connectivity index (χ2v) is 7.26. The van der Waals surface area contributed by atoms with Crippen LogP contribution in [0.4, 0.5) is 13.2 Å². The van der Waals surface area contributed by atoms with Gasteiger partial charge in [0.2, 0.25) is 0 Å². The van der Waals surface area contributed by atoms with Gasteiger partial charge in [-0.2, -0.15) is 13.2 Å². The Morgan fingerprint density at radius 2 is 1.93 bits per heavy atom. The first-order valence-electron chi connectivity index (χ1n) is 9.63. The van der Waals surface area contributed by atoms with Crippen LogP contribution in [0, 0.1) is 0 Å². The van der Waals surface area contributed by atoms with Gasteiger partial charge in [-0.25, -0.2) is 4.98 Å². The van der Waals surface area contributed by atoms with Gasteiger partial charge in [-0.3, -0.25) is 4.99 Å². The fourth-order valence-corrected chi connectivity index (χ4v) is 3.51. The van der Waals surface area contributed by atoms with E-state index in [9.17, 15) is 13.2 Å². The van der Waals surface area contributed by atoms with Gasteiger partial charge in [0.05, 0.1) is 18.7 Å². The summed E-state index contributed by atoms with van der Waals surface area (Å²) in [5, 5.41) is 7.78. The number of hydrogen-bond acceptors (Lipinski definition) is 5. The van der Waals surface area contributed by atoms with Crippen molar-refractivity contribution in [2.75, 3.05) is 33.9 Å². The van der Waals surface area contributed by atoms with Crippen LogP contribution in [-0.4, -0.2) is 44.8 Å². The number of benzene rings is 1. The summed E-state index contributed by atoms with van der Waals surface area (Å²) in [6.45, 7) is 3.64. The molecule has 0 fully saturated rings. The minimum Gasteiger partial charge on any atom is -0.493 e. The van der Waals surface area contributed by atoms with Crippen LogP contribution in [0.3, 0.4) is 0 Å². The molecule has 30 heavy (non-hydrogen) atoms. The Labute approximate surface area is 178 Å². The number of nitrogens with one attached hydrogen (secondary N) is 2. The van der Waals surface area contributed by atoms with Gasteiger partial charge < -0.3 is 20.1 Å². The average Bonchev–Trinajstić information content (AvgIpc) is 3.20. The summed E-state index contributed by atoms with van der Waals surface area (Å²) in [4.78, 5) is 7.75. The lowest BCUT2D eigenvalue weighted by molar-refractivity contribution is -0.140. The Hall–Kier alpha value is -2.49. The number of aliphatic imine (C=N–C) groups is 1. The van der Waals surface area contributed by atoms with E-state index in [1.807, 2.05) is 25.1 Å². The van der Waals surface area contributed by atoms with Crippen LogP contribution in [0.1, 0.15) is 29.6 Å². The highest BCUT2D eigenvalue weighted by Crippen LogP contribution is 2.30. The number of rotatable bonds is 10. The molecule has 0 saturated carbocycles. The lowest BCUT2D eigenvalue weighted by Crippen LogP contribution is -2.38. The van der Waals surface area contributed by atoms with Gasteiger partial charge in [-0.15, -0.1) is 11.3 Å². The number of alkyl halides is 3. The Bertz CT molecular complexity index is 825. The predicted octanol–water partition coefficient (Wildman–Crippen LogP) is 3.91. The second-order valence-electron chi connectivity index (χ2n) is 6.32. The Morgan fingerprint density at radius 3 is 2.57 bits per heavy atom. The van der Waals surface area contributed by atoms with Crippen molar-refractivity contribution in [3.63, 3.8) is 0 Å². The van der Waals surface area contributed by atoms with Crippen LogP contribution in [-0.2, 0) is 19.0 Å². The molecule has 1 heterocycles. The van der Waals surface area contributed by atoms with Gasteiger partial charge in [0.25, 0.3) is 0 Å². The van der Waals surface area contributed by atoms with Crippen LogP contribution < -0.4 is 20.1 Å². The first-order chi connectivity index (χ1) is 14.4. The van der Waals surface area contributed by atoms with E-state index in [-0.39, 0.29) is 0 Å². The van der Waals surface area contributed by atoms with Crippen LogP contribution in [0.5, 0.6) is 11.5 Å². The third kappa shape index (κ3) is 7.40. The van der Waals surface area contributed by atoms with E-state index in [2.05, 4.69) is 20.6 Å². The number of thiazole rings is 1. The van der Waals surface area contributed by atoms with Gasteiger partial charge >= 0.3 is 6.18 Å². The minimum atomic E-state index is -4.40. The maximum Gasteiger partial charge on any atom is 0.434 e. The van der Waals surface area contributed by atoms with Gasteiger partial charge in [0, 0.05) is 31.9 Å². The number of aryl methyl sites for hydroxylation is 1. The summed E-state index contributed by atoms with van der Waals surface area (Å²) in [6.07, 6.45) is -2.27. The smallest absolute Gasteiger partial charge is 0.434 e. The molecule has 0 aliphatic heterocycles. The summed E-state index contributed by atoms with van der Waals surface area (Å²) in [7, 11) is 3.27. The highest BCUT2D eigenvalue weighted by molar-refractivity contribution is 7.09. The Morgan fingerprint density at radius 1 is 1.17 bits per heavy atom. The van der Waals surface area contributed by atoms with Crippen molar-refractivity contribution < 1.29 is 22.6 Å². The average molecular weight is 445 g/mol. The molecule has 0 saturated heterocycles. The molecule has 0 amide bonds. The van der Waals surface area contributed by atoms with Crippen molar-refractivity contribution in [2.24, 2.45) is 4.99 Å². The summed E-state index contributed by atoms with van der Waals surface area (Å²) in [6, 6.07) is 5.90. The molecule has 0 unspecified atom stereocenters. The molecule has 0 aliphatic rings. The maximum atomic E-state index is 12.6. The predicted molar refractivity (Wildman–Crippen MR) is 113 cm³/mol. The molecule has 0 radical (unpaired) electrons. The maximum absolute atomic E-state index is 12.6. The quantitative estimate of drug-likeness (QED) is 0.330. The van der Waals surface area contributed by atoms with Crippen molar-refractivity contribution in [1.82, 2.24) is 15.6 Å². The number of methoxy groups -OCH3 is 1. The number of guanidine groups is 1. The molecule has 2 rings (SSSR count). The van der Waals surface area contributed by atoms with E-state index >= 15 is 0 Å². The van der Waals surface area contributed by atoms with E-state index in [0.717, 1.165) is 40.9 Å². The van der Waals surface area contributed by atoms with Crippen LogP contribution >= 0.6 is 11.3 Å². The molecule has 0 atom stereocenters. The molecule has 1 aromatic heterocycles. The van der Waals surface area contributed by atoms with Gasteiger partial charge in [-0.1, -0.05) is 6.07 Å². The summed E-state index contributed by atoms with van der Waals surface area (Å²) < 4.78 is 48.6. The lowest BCUT2D eigenvalue weighted by atomic mass is 10.1. The Kier molecular flexibility index (Phi) is 9.22. The fourth-order valence-electron chi connectivity index (χ4n) is 2.71. The topological polar surface area (TPSA) is 67.8 Å². The zero-order valence-corrected chi connectivity index (χ0v) is 18.1. The molecule has 0 aliphatic carbocycles. The van der Waals surface area contributed by atoms with Crippen molar-refractivity contribution in [3.05, 3.63) is 39.8 Å². The number of hydrogen-bond donors (Lipinski definition) is 2. The third-order valence-electron chi connectivity index (χ3n) is 4.16. The monoisotopic (exact) mass is 444 g/mol. The zero-order chi connectivity index (χ0) is 22.0. The van der Waals surface area contributed by atoms with Crippen molar-refractivity contribution in [3.8, 4) is 11.5 Å². The number of aromatic nitrogens is 1. The van der Waals surface area contributed by atoms with E-state index in [4.69, 9.17) is 9.47 Å². The molecule has 0 bridgehead atoms. The first-order valence-corrected chi connectivity index (χ1v) is 10.5. The van der Waals surface area contributed by atoms with Gasteiger partial charge in [0.15, 0.2) is 23.2 Å². The van der Waals surface area contributed by atoms with Crippen LogP contribution in [0.2, 0.25) is 0 Å². The highest BCUT2D eigenvalue weighted by atomic mass is 32.1. The standard InChI is InChI=1S/C20H27F3N4O2S/c1-4-29-16-12-14(7-8-15(16)28-3)6-5-10-25-19(24-2)26-11-9-18-27-17(13-30-18)20(21,22)23/h7-8,12-13H,4-6,9-11H2,1-3H3,(H2,24,25,26). The van der Waals surface area contributed by atoms with Crippen molar-refractivity contribution in [2.45, 2.75) is 32.4 Å². The summed E-state index contributed by atoms with van der Waals surface area (Å²) in [5.41, 5.74) is 0.310. The molecule has 166 valence electrons. The lowest BCUT2D eigenvalue weighted by Gasteiger charge is -2.13. The molecule has 1 aromatic carbocycles. The van der Waals surface area contributed by atoms with E-state index in [1.54, 1.807) is 14.2 Å². The highest BCUT2D eigenvalue weighted by Gasteiger charge is 2.33. The number of ether oxygens (including phenoxy) is 2. The van der Waals surface area contributed by atoms with Gasteiger partial charge in [-0.05, 0) is 37.5 Å². The minimum absolute atomic E-state index is 0.396. The van der Waals surface area contributed by atoms with E-state index < -0.39 is 11.9 Å². The van der Waals surface area contributed by atoms with Crippen LogP contribution in [0.25, 0.3) is 0 Å². The summed E-state index contributed by atoms with van der Waals surface area (Å²) >= 11 is 1.01. The molecule has 10 heteroatoms. The van der Waals surface area contributed by atoms with Crippen molar-refractivity contribution in [1.29, 1.82) is 0 Å². The van der Waals surface area contributed by atoms with Crippen LogP contribution in [0.15, 0.2) is 28.6 Å². The molecular formula is C20H27F3N4O2S. The number of nitrogens with zero attached hydrogens (tertiary/aromatic N) is 2. The van der Waals surface area contributed by atoms with E-state index in [0.29, 0.717) is 42.8 Å². The third-order valence-corrected chi connectivity index (χ3v) is 5.07. The van der Waals surface area contributed by atoms with Crippen molar-refractivity contribution >= 4 is 17.3 Å². The van der Waals surface area contributed by atoms with Gasteiger partial charge in [0.1, 0.15) is 0 Å². The van der Waals surface area contributed by atoms with E-state index in [1.165, 1.54) is 0 Å².